The number of Topliss-reactive ketones (excluding diaryl/α,β-unsaturated/α-hetero) is 1. The van der Waals surface area contributed by atoms with Gasteiger partial charge in [-0.25, -0.2) is 0 Å². The van der Waals surface area contributed by atoms with E-state index in [1.807, 2.05) is 0 Å². The van der Waals surface area contributed by atoms with Crippen LogP contribution in [0.2, 0.25) is 0 Å². The maximum atomic E-state index is 12.4. The zero-order valence-corrected chi connectivity index (χ0v) is 16.0. The lowest BCUT2D eigenvalue weighted by Gasteiger charge is -2.33. The normalized spacial score (nSPS) is 16.6. The Bertz CT molecular complexity index is 315. The summed E-state index contributed by atoms with van der Waals surface area (Å²) < 4.78 is 0. The van der Waals surface area contributed by atoms with Crippen molar-refractivity contribution in [1.82, 2.24) is 0 Å². The van der Waals surface area contributed by atoms with Gasteiger partial charge < -0.3 is 5.11 Å². The highest BCUT2D eigenvalue weighted by molar-refractivity contribution is 6.01. The molecule has 0 aromatic carbocycles. The molecule has 0 rings (SSSR count). The van der Waals surface area contributed by atoms with E-state index in [4.69, 9.17) is 0 Å². The third-order valence-electron chi connectivity index (χ3n) is 5.44. The molecule has 0 amide bonds. The highest BCUT2D eigenvalue weighted by atomic mass is 16.4. The maximum Gasteiger partial charge on any atom is 0.317 e. The van der Waals surface area contributed by atoms with Crippen LogP contribution in [0.15, 0.2) is 0 Å². The standard InChI is InChI=1S/C20H38O3/c1-6-10-12-17(8-3)14-20(16(5)21,19(22)23)15-18(9-4)13-11-7-2/h17-18H,6-15H2,1-5H3,(H,22,23). The van der Waals surface area contributed by atoms with Gasteiger partial charge in [0.2, 0.25) is 0 Å². The lowest BCUT2D eigenvalue weighted by molar-refractivity contribution is -0.157. The molecule has 0 aliphatic rings. The summed E-state index contributed by atoms with van der Waals surface area (Å²) in [5, 5.41) is 9.91. The number of carboxylic acids is 1. The van der Waals surface area contributed by atoms with Gasteiger partial charge in [0.1, 0.15) is 11.2 Å². The topological polar surface area (TPSA) is 54.4 Å². The van der Waals surface area contributed by atoms with Gasteiger partial charge in [-0.15, -0.1) is 0 Å². The van der Waals surface area contributed by atoms with Gasteiger partial charge in [-0.1, -0.05) is 79.1 Å². The minimum atomic E-state index is -1.18. The second-order valence-corrected chi connectivity index (χ2v) is 7.18. The van der Waals surface area contributed by atoms with Crippen LogP contribution in [0.4, 0.5) is 0 Å². The molecule has 0 fully saturated rings. The van der Waals surface area contributed by atoms with E-state index in [9.17, 15) is 14.7 Å². The van der Waals surface area contributed by atoms with Gasteiger partial charge in [0.15, 0.2) is 0 Å². The van der Waals surface area contributed by atoms with Gasteiger partial charge in [0, 0.05) is 0 Å². The van der Waals surface area contributed by atoms with E-state index in [1.54, 1.807) is 0 Å². The molecule has 0 radical (unpaired) electrons. The number of hydrogen-bond acceptors (Lipinski definition) is 2. The Morgan fingerprint density at radius 2 is 1.26 bits per heavy atom. The molecular formula is C20H38O3. The van der Waals surface area contributed by atoms with E-state index in [1.165, 1.54) is 6.92 Å². The second-order valence-electron chi connectivity index (χ2n) is 7.18. The fourth-order valence-corrected chi connectivity index (χ4v) is 3.57. The Kier molecular flexibility index (Phi) is 11.2. The van der Waals surface area contributed by atoms with Crippen LogP contribution in [0.25, 0.3) is 0 Å². The predicted molar refractivity (Wildman–Crippen MR) is 96.6 cm³/mol. The molecule has 3 heteroatoms. The Labute approximate surface area is 143 Å². The van der Waals surface area contributed by atoms with E-state index in [-0.39, 0.29) is 5.78 Å². The number of rotatable bonds is 14. The maximum absolute atomic E-state index is 12.4. The van der Waals surface area contributed by atoms with E-state index >= 15 is 0 Å². The quantitative estimate of drug-likeness (QED) is 0.407. The number of aliphatic carboxylic acids is 1. The first-order chi connectivity index (χ1) is 10.9. The summed E-state index contributed by atoms with van der Waals surface area (Å²) in [5.41, 5.74) is -1.18. The van der Waals surface area contributed by atoms with Gasteiger partial charge in [0.05, 0.1) is 0 Å². The summed E-state index contributed by atoms with van der Waals surface area (Å²) in [5.74, 6) is -0.401. The molecule has 0 aromatic heterocycles. The fraction of sp³-hybridized carbons (Fsp3) is 0.900. The highest BCUT2D eigenvalue weighted by Crippen LogP contribution is 2.40. The summed E-state index contributed by atoms with van der Waals surface area (Å²) >= 11 is 0. The van der Waals surface area contributed by atoms with Crippen molar-refractivity contribution in [1.29, 1.82) is 0 Å². The molecule has 0 bridgehead atoms. The summed E-state index contributed by atoms with van der Waals surface area (Å²) in [6.07, 6.45) is 9.44. The lowest BCUT2D eigenvalue weighted by atomic mass is 9.68. The van der Waals surface area contributed by atoms with Crippen LogP contribution in [0, 0.1) is 17.3 Å². The van der Waals surface area contributed by atoms with Crippen LogP contribution in [0.5, 0.6) is 0 Å². The first-order valence-electron chi connectivity index (χ1n) is 9.62. The molecule has 0 spiro atoms. The van der Waals surface area contributed by atoms with Crippen molar-refractivity contribution in [2.75, 3.05) is 0 Å². The van der Waals surface area contributed by atoms with Crippen LogP contribution in [-0.4, -0.2) is 16.9 Å². The Balaban J connectivity index is 5.29. The minimum absolute atomic E-state index is 0.158. The fourth-order valence-electron chi connectivity index (χ4n) is 3.57. The van der Waals surface area contributed by atoms with Crippen LogP contribution in [-0.2, 0) is 9.59 Å². The number of unbranched alkanes of at least 4 members (excludes halogenated alkanes) is 2. The molecule has 0 aliphatic carbocycles. The molecule has 2 atom stereocenters. The van der Waals surface area contributed by atoms with E-state index in [0.29, 0.717) is 24.7 Å². The first kappa shape index (κ1) is 22.1. The Morgan fingerprint density at radius 3 is 1.48 bits per heavy atom. The van der Waals surface area contributed by atoms with Crippen molar-refractivity contribution in [3.05, 3.63) is 0 Å². The third kappa shape index (κ3) is 7.05. The summed E-state index contributed by atoms with van der Waals surface area (Å²) in [4.78, 5) is 24.5. The van der Waals surface area contributed by atoms with Crippen LogP contribution in [0.3, 0.4) is 0 Å². The van der Waals surface area contributed by atoms with Crippen LogP contribution in [0.1, 0.15) is 98.8 Å². The van der Waals surface area contributed by atoms with Crippen molar-refractivity contribution >= 4 is 11.8 Å². The smallest absolute Gasteiger partial charge is 0.317 e. The van der Waals surface area contributed by atoms with Gasteiger partial charge in [0.25, 0.3) is 0 Å². The van der Waals surface area contributed by atoms with Gasteiger partial charge >= 0.3 is 5.97 Å². The average Bonchev–Trinajstić information content (AvgIpc) is 2.52. The Hall–Kier alpha value is -0.860. The molecule has 0 aromatic rings. The van der Waals surface area contributed by atoms with Crippen molar-refractivity contribution in [2.24, 2.45) is 17.3 Å². The van der Waals surface area contributed by atoms with Crippen molar-refractivity contribution in [3.8, 4) is 0 Å². The largest absolute Gasteiger partial charge is 0.480 e. The SMILES string of the molecule is CCCCC(CC)CC(CC(CC)CCCC)(C(C)=O)C(=O)O. The van der Waals surface area contributed by atoms with Crippen molar-refractivity contribution in [2.45, 2.75) is 98.8 Å². The average molecular weight is 327 g/mol. The number of carboxylic acid groups (broad SMARTS) is 1. The molecule has 0 saturated heterocycles. The van der Waals surface area contributed by atoms with Crippen molar-refractivity contribution in [3.63, 3.8) is 0 Å². The lowest BCUT2D eigenvalue weighted by Crippen LogP contribution is -2.41. The zero-order chi connectivity index (χ0) is 17.9. The van der Waals surface area contributed by atoms with E-state index in [2.05, 4.69) is 27.7 Å². The van der Waals surface area contributed by atoms with E-state index in [0.717, 1.165) is 51.4 Å². The van der Waals surface area contributed by atoms with E-state index < -0.39 is 11.4 Å². The number of carbonyl (C=O) groups is 2. The summed E-state index contributed by atoms with van der Waals surface area (Å²) in [6, 6.07) is 0. The number of carbonyl (C=O) groups excluding carboxylic acids is 1. The first-order valence-corrected chi connectivity index (χ1v) is 9.62. The third-order valence-corrected chi connectivity index (χ3v) is 5.44. The zero-order valence-electron chi connectivity index (χ0n) is 16.0. The molecule has 0 aliphatic heterocycles. The molecule has 1 N–H and O–H groups in total. The summed E-state index contributed by atoms with van der Waals surface area (Å²) in [7, 11) is 0. The predicted octanol–water partition coefficient (Wildman–Crippen LogP) is 5.86. The highest BCUT2D eigenvalue weighted by Gasteiger charge is 2.45. The molecule has 2 unspecified atom stereocenters. The van der Waals surface area contributed by atoms with Crippen molar-refractivity contribution < 1.29 is 14.7 Å². The molecule has 136 valence electrons. The Morgan fingerprint density at radius 1 is 0.870 bits per heavy atom. The van der Waals surface area contributed by atoms with Gasteiger partial charge in [-0.05, 0) is 31.6 Å². The van der Waals surface area contributed by atoms with Crippen LogP contribution < -0.4 is 0 Å². The minimum Gasteiger partial charge on any atom is -0.480 e. The van der Waals surface area contributed by atoms with Gasteiger partial charge in [-0.3, -0.25) is 9.59 Å². The molecular weight excluding hydrogens is 288 g/mol. The molecule has 0 saturated carbocycles. The van der Waals surface area contributed by atoms with Crippen LogP contribution >= 0.6 is 0 Å². The second kappa shape index (κ2) is 11.6. The molecule has 0 heterocycles. The monoisotopic (exact) mass is 326 g/mol. The van der Waals surface area contributed by atoms with Gasteiger partial charge in [-0.2, -0.15) is 0 Å². The number of ketones is 1. The summed E-state index contributed by atoms with van der Waals surface area (Å²) in [6.45, 7) is 10.0. The molecule has 3 nitrogen and oxygen atoms in total. The molecule has 23 heavy (non-hydrogen) atoms. The number of hydrogen-bond donors (Lipinski definition) is 1.